The van der Waals surface area contributed by atoms with E-state index in [1.54, 1.807) is 7.05 Å². The molecule has 0 aliphatic heterocycles. The van der Waals surface area contributed by atoms with Crippen molar-refractivity contribution in [3.63, 3.8) is 0 Å². The molecule has 1 rings (SSSR count). The van der Waals surface area contributed by atoms with Crippen LogP contribution in [0.3, 0.4) is 0 Å². The molecule has 100 valence electrons. The van der Waals surface area contributed by atoms with Crippen LogP contribution in [0.2, 0.25) is 0 Å². The number of benzene rings is 1. The van der Waals surface area contributed by atoms with E-state index in [4.69, 9.17) is 0 Å². The van der Waals surface area contributed by atoms with Gasteiger partial charge in [-0.05, 0) is 29.9 Å². The summed E-state index contributed by atoms with van der Waals surface area (Å²) in [6, 6.07) is 8.01. The Balaban J connectivity index is 2.53. The third kappa shape index (κ3) is 4.88. The third-order valence-electron chi connectivity index (χ3n) is 2.93. The van der Waals surface area contributed by atoms with Crippen LogP contribution in [-0.4, -0.2) is 18.1 Å². The highest BCUT2D eigenvalue weighted by Crippen LogP contribution is 2.19. The highest BCUT2D eigenvalue weighted by Gasteiger charge is 2.09. The van der Waals surface area contributed by atoms with Crippen LogP contribution in [0.4, 0.5) is 0 Å². The van der Waals surface area contributed by atoms with Crippen molar-refractivity contribution < 1.29 is 9.90 Å². The van der Waals surface area contributed by atoms with Gasteiger partial charge < -0.3 is 10.4 Å². The Morgan fingerprint density at radius 2 is 1.89 bits per heavy atom. The lowest BCUT2D eigenvalue weighted by Gasteiger charge is -2.12. The lowest BCUT2D eigenvalue weighted by molar-refractivity contribution is -0.121. The van der Waals surface area contributed by atoms with Crippen LogP contribution in [0, 0.1) is 5.92 Å². The maximum Gasteiger partial charge on any atom is 0.219 e. The standard InChI is InChI=1S/C15H23NO2/c1-11(2)10-12-4-6-13(7-5-12)14(17)8-9-15(18)16-3/h4-7,11,14,17H,8-10H2,1-3H3,(H,16,18). The summed E-state index contributed by atoms with van der Waals surface area (Å²) in [6.45, 7) is 4.37. The lowest BCUT2D eigenvalue weighted by Crippen LogP contribution is -2.18. The predicted octanol–water partition coefficient (Wildman–Crippen LogP) is 2.44. The second-order valence-corrected chi connectivity index (χ2v) is 5.07. The molecule has 3 nitrogen and oxygen atoms in total. The molecule has 2 N–H and O–H groups in total. The van der Waals surface area contributed by atoms with Gasteiger partial charge in [0, 0.05) is 13.5 Å². The summed E-state index contributed by atoms with van der Waals surface area (Å²) in [7, 11) is 1.61. The summed E-state index contributed by atoms with van der Waals surface area (Å²) >= 11 is 0. The predicted molar refractivity (Wildman–Crippen MR) is 73.2 cm³/mol. The Morgan fingerprint density at radius 3 is 2.39 bits per heavy atom. The van der Waals surface area contributed by atoms with Crippen molar-refractivity contribution in [2.24, 2.45) is 5.92 Å². The van der Waals surface area contributed by atoms with E-state index >= 15 is 0 Å². The molecule has 0 aliphatic rings. The third-order valence-corrected chi connectivity index (χ3v) is 2.93. The minimum absolute atomic E-state index is 0.0366. The number of hydrogen-bond donors (Lipinski definition) is 2. The van der Waals surface area contributed by atoms with Crippen LogP contribution in [0.15, 0.2) is 24.3 Å². The Kier molecular flexibility index (Phi) is 5.86. The van der Waals surface area contributed by atoms with Crippen molar-refractivity contribution in [2.75, 3.05) is 7.05 Å². The van der Waals surface area contributed by atoms with Crippen molar-refractivity contribution in [3.05, 3.63) is 35.4 Å². The summed E-state index contributed by atoms with van der Waals surface area (Å²) in [4.78, 5) is 11.1. The lowest BCUT2D eigenvalue weighted by atomic mass is 9.99. The van der Waals surface area contributed by atoms with Crippen LogP contribution >= 0.6 is 0 Å². The highest BCUT2D eigenvalue weighted by atomic mass is 16.3. The Labute approximate surface area is 109 Å². The Hall–Kier alpha value is -1.35. The second-order valence-electron chi connectivity index (χ2n) is 5.07. The number of carbonyl (C=O) groups excluding carboxylic acids is 1. The minimum atomic E-state index is -0.560. The zero-order valence-electron chi connectivity index (χ0n) is 11.4. The summed E-state index contributed by atoms with van der Waals surface area (Å²) in [5.41, 5.74) is 2.17. The van der Waals surface area contributed by atoms with Crippen molar-refractivity contribution in [2.45, 2.75) is 39.2 Å². The van der Waals surface area contributed by atoms with Crippen molar-refractivity contribution >= 4 is 5.91 Å². The Morgan fingerprint density at radius 1 is 1.28 bits per heavy atom. The number of aliphatic hydroxyl groups excluding tert-OH is 1. The molecule has 0 heterocycles. The summed E-state index contributed by atoms with van der Waals surface area (Å²) in [5.74, 6) is 0.597. The number of amides is 1. The fourth-order valence-corrected chi connectivity index (χ4v) is 1.91. The topological polar surface area (TPSA) is 49.3 Å². The molecule has 3 heteroatoms. The molecule has 0 saturated heterocycles. The zero-order chi connectivity index (χ0) is 13.5. The van der Waals surface area contributed by atoms with Gasteiger partial charge in [0.05, 0.1) is 6.10 Å². The van der Waals surface area contributed by atoms with Crippen LogP contribution in [0.5, 0.6) is 0 Å². The van der Waals surface area contributed by atoms with Crippen LogP contribution in [-0.2, 0) is 11.2 Å². The van der Waals surface area contributed by atoms with Crippen LogP contribution in [0.1, 0.15) is 43.9 Å². The molecular weight excluding hydrogens is 226 g/mol. The number of nitrogens with one attached hydrogen (secondary N) is 1. The molecule has 0 bridgehead atoms. The first-order valence-corrected chi connectivity index (χ1v) is 6.50. The smallest absolute Gasteiger partial charge is 0.219 e. The van der Waals surface area contributed by atoms with Gasteiger partial charge >= 0.3 is 0 Å². The van der Waals surface area contributed by atoms with E-state index in [-0.39, 0.29) is 5.91 Å². The highest BCUT2D eigenvalue weighted by molar-refractivity contribution is 5.75. The van der Waals surface area contributed by atoms with Gasteiger partial charge in [-0.3, -0.25) is 4.79 Å². The van der Waals surface area contributed by atoms with Gasteiger partial charge in [0.25, 0.3) is 0 Å². The van der Waals surface area contributed by atoms with E-state index in [2.05, 4.69) is 31.3 Å². The van der Waals surface area contributed by atoms with Crippen molar-refractivity contribution in [3.8, 4) is 0 Å². The number of hydrogen-bond acceptors (Lipinski definition) is 2. The summed E-state index contributed by atoms with van der Waals surface area (Å²) < 4.78 is 0. The first kappa shape index (κ1) is 14.7. The van der Waals surface area contributed by atoms with Gasteiger partial charge in [0.2, 0.25) is 5.91 Å². The molecule has 0 fully saturated rings. The fourth-order valence-electron chi connectivity index (χ4n) is 1.91. The Bertz CT molecular complexity index is 371. The van der Waals surface area contributed by atoms with Gasteiger partial charge in [0.1, 0.15) is 0 Å². The van der Waals surface area contributed by atoms with E-state index in [0.717, 1.165) is 12.0 Å². The zero-order valence-corrected chi connectivity index (χ0v) is 11.4. The largest absolute Gasteiger partial charge is 0.388 e. The van der Waals surface area contributed by atoms with E-state index < -0.39 is 6.10 Å². The molecule has 0 spiro atoms. The van der Waals surface area contributed by atoms with E-state index in [0.29, 0.717) is 18.8 Å². The summed E-state index contributed by atoms with van der Waals surface area (Å²) in [6.07, 6.45) is 1.30. The normalized spacial score (nSPS) is 12.5. The van der Waals surface area contributed by atoms with Gasteiger partial charge in [-0.2, -0.15) is 0 Å². The molecular formula is C15H23NO2. The van der Waals surface area contributed by atoms with Crippen LogP contribution in [0.25, 0.3) is 0 Å². The molecule has 1 unspecified atom stereocenters. The first-order chi connectivity index (χ1) is 8.52. The molecule has 1 amide bonds. The quantitative estimate of drug-likeness (QED) is 0.813. The maximum atomic E-state index is 11.1. The van der Waals surface area contributed by atoms with Gasteiger partial charge in [-0.25, -0.2) is 0 Å². The molecule has 0 saturated carbocycles. The number of aliphatic hydroxyl groups is 1. The van der Waals surface area contributed by atoms with Gasteiger partial charge in [-0.1, -0.05) is 38.1 Å². The van der Waals surface area contributed by atoms with Gasteiger partial charge in [-0.15, -0.1) is 0 Å². The molecule has 0 aromatic heterocycles. The molecule has 0 aliphatic carbocycles. The fraction of sp³-hybridized carbons (Fsp3) is 0.533. The first-order valence-electron chi connectivity index (χ1n) is 6.50. The molecule has 1 atom stereocenters. The monoisotopic (exact) mass is 249 g/mol. The molecule has 0 radical (unpaired) electrons. The minimum Gasteiger partial charge on any atom is -0.388 e. The number of carbonyl (C=O) groups is 1. The van der Waals surface area contributed by atoms with E-state index in [9.17, 15) is 9.90 Å². The molecule has 18 heavy (non-hydrogen) atoms. The van der Waals surface area contributed by atoms with Crippen LogP contribution < -0.4 is 5.32 Å². The van der Waals surface area contributed by atoms with E-state index in [1.165, 1.54) is 5.56 Å². The van der Waals surface area contributed by atoms with Gasteiger partial charge in [0.15, 0.2) is 0 Å². The average molecular weight is 249 g/mol. The molecule has 1 aromatic carbocycles. The molecule has 1 aromatic rings. The second kappa shape index (κ2) is 7.17. The maximum absolute atomic E-state index is 11.1. The summed E-state index contributed by atoms with van der Waals surface area (Å²) in [5, 5.41) is 12.5. The number of rotatable bonds is 6. The SMILES string of the molecule is CNC(=O)CCC(O)c1ccc(CC(C)C)cc1. The average Bonchev–Trinajstić information content (AvgIpc) is 2.35. The van der Waals surface area contributed by atoms with Crippen molar-refractivity contribution in [1.82, 2.24) is 5.32 Å². The van der Waals surface area contributed by atoms with Crippen molar-refractivity contribution in [1.29, 1.82) is 0 Å². The van der Waals surface area contributed by atoms with E-state index in [1.807, 2.05) is 12.1 Å².